The normalized spacial score (nSPS) is 16.1. The van der Waals surface area contributed by atoms with E-state index in [-0.39, 0.29) is 0 Å². The van der Waals surface area contributed by atoms with Crippen molar-refractivity contribution in [1.29, 1.82) is 0 Å². The van der Waals surface area contributed by atoms with Gasteiger partial charge < -0.3 is 9.13 Å². The Morgan fingerprint density at radius 3 is 1.91 bits per heavy atom. The Kier molecular flexibility index (Phi) is 4.47. The fourth-order valence-corrected chi connectivity index (χ4v) is 11.0. The Bertz CT molecular complexity index is 2580. The molecule has 1 atom stereocenters. The number of fused-ring (bicyclic) bond motifs is 7. The summed E-state index contributed by atoms with van der Waals surface area (Å²) in [6.07, 6.45) is 0. The molecule has 1 aromatic heterocycles. The molecule has 8 aromatic carbocycles. The maximum Gasteiger partial charge on any atom is 0.172 e. The minimum Gasteiger partial charge on any atom is -0.309 e. The Labute approximate surface area is 248 Å². The summed E-state index contributed by atoms with van der Waals surface area (Å²) in [5.74, 6) is 0. The van der Waals surface area contributed by atoms with E-state index < -0.39 is 7.14 Å². The number of nitrogens with zero attached hydrogens (tertiary/aromatic N) is 1. The van der Waals surface area contributed by atoms with E-state index in [1.54, 1.807) is 0 Å². The zero-order valence-electron chi connectivity index (χ0n) is 23.2. The molecule has 3 heteroatoms. The minimum absolute atomic E-state index is 0.883. The molecule has 0 saturated heterocycles. The van der Waals surface area contributed by atoms with Crippen LogP contribution in [-0.2, 0) is 4.57 Å². The number of hydrogen-bond acceptors (Lipinski definition) is 1. The highest BCUT2D eigenvalue weighted by Gasteiger charge is 2.42. The lowest BCUT2D eigenvalue weighted by molar-refractivity contribution is 0.593. The second kappa shape index (κ2) is 8.22. The highest BCUT2D eigenvalue weighted by molar-refractivity contribution is 7.86. The molecule has 9 aromatic rings. The van der Waals surface area contributed by atoms with Gasteiger partial charge in [0.05, 0.1) is 11.0 Å². The molecule has 0 bridgehead atoms. The van der Waals surface area contributed by atoms with E-state index in [1.165, 1.54) is 32.3 Å². The largest absolute Gasteiger partial charge is 0.309 e. The topological polar surface area (TPSA) is 22.0 Å². The molecule has 1 aliphatic heterocycles. The predicted octanol–water partition coefficient (Wildman–Crippen LogP) is 9.30. The summed E-state index contributed by atoms with van der Waals surface area (Å²) in [7, 11) is -3.13. The Balaban J connectivity index is 1.35. The summed E-state index contributed by atoms with van der Waals surface area (Å²) in [6.45, 7) is 0. The van der Waals surface area contributed by atoms with Crippen LogP contribution in [0, 0.1) is 0 Å². The van der Waals surface area contributed by atoms with Gasteiger partial charge in [0.1, 0.15) is 0 Å². The van der Waals surface area contributed by atoms with Crippen LogP contribution in [0.1, 0.15) is 0 Å². The third kappa shape index (κ3) is 2.91. The minimum atomic E-state index is -3.13. The summed E-state index contributed by atoms with van der Waals surface area (Å²) < 4.78 is 18.0. The lowest BCUT2D eigenvalue weighted by Crippen LogP contribution is -2.21. The number of aromatic nitrogens is 1. The molecule has 2 heterocycles. The van der Waals surface area contributed by atoms with Gasteiger partial charge in [0.25, 0.3) is 0 Å². The van der Waals surface area contributed by atoms with E-state index in [0.29, 0.717) is 0 Å². The van der Waals surface area contributed by atoms with E-state index in [9.17, 15) is 0 Å². The van der Waals surface area contributed by atoms with Gasteiger partial charge in [-0.1, -0.05) is 121 Å². The number of rotatable bonds is 2. The van der Waals surface area contributed by atoms with Crippen molar-refractivity contribution in [2.24, 2.45) is 0 Å². The van der Waals surface area contributed by atoms with Crippen LogP contribution in [-0.4, -0.2) is 4.57 Å². The van der Waals surface area contributed by atoms with Crippen molar-refractivity contribution in [2.45, 2.75) is 0 Å². The highest BCUT2D eigenvalue weighted by atomic mass is 31.2. The van der Waals surface area contributed by atoms with Crippen LogP contribution >= 0.6 is 7.14 Å². The molecule has 200 valence electrons. The average Bonchev–Trinajstić information content (AvgIpc) is 3.54. The number of hydrogen-bond donors (Lipinski definition) is 0. The van der Waals surface area contributed by atoms with Crippen LogP contribution in [0.3, 0.4) is 0 Å². The van der Waals surface area contributed by atoms with Gasteiger partial charge in [-0.25, -0.2) is 0 Å². The fourth-order valence-electron chi connectivity index (χ4n) is 7.73. The molecule has 2 nitrogen and oxygen atoms in total. The van der Waals surface area contributed by atoms with Crippen LogP contribution < -0.4 is 15.9 Å². The van der Waals surface area contributed by atoms with E-state index in [4.69, 9.17) is 0 Å². The number of para-hydroxylation sites is 1. The molecule has 0 aliphatic carbocycles. The molecule has 0 saturated carbocycles. The van der Waals surface area contributed by atoms with Crippen LogP contribution in [0.5, 0.6) is 0 Å². The molecular formula is C40H24NOP. The lowest BCUT2D eigenvalue weighted by atomic mass is 9.94. The Morgan fingerprint density at radius 2 is 1.12 bits per heavy atom. The van der Waals surface area contributed by atoms with Gasteiger partial charge in [0.15, 0.2) is 7.14 Å². The van der Waals surface area contributed by atoms with E-state index in [1.807, 2.05) is 36.4 Å². The first-order valence-electron chi connectivity index (χ1n) is 14.7. The van der Waals surface area contributed by atoms with Gasteiger partial charge >= 0.3 is 0 Å². The van der Waals surface area contributed by atoms with Crippen LogP contribution in [0.4, 0.5) is 0 Å². The van der Waals surface area contributed by atoms with Crippen LogP contribution in [0.2, 0.25) is 0 Å². The third-order valence-corrected chi connectivity index (χ3v) is 12.7. The van der Waals surface area contributed by atoms with Gasteiger partial charge in [-0.3, -0.25) is 0 Å². The quantitative estimate of drug-likeness (QED) is 0.151. The van der Waals surface area contributed by atoms with Crippen LogP contribution in [0.25, 0.3) is 70.9 Å². The molecule has 1 aliphatic rings. The van der Waals surface area contributed by atoms with Gasteiger partial charge in [0.2, 0.25) is 0 Å². The molecule has 10 rings (SSSR count). The van der Waals surface area contributed by atoms with Gasteiger partial charge in [0, 0.05) is 32.4 Å². The summed E-state index contributed by atoms with van der Waals surface area (Å²) in [5.41, 5.74) is 5.47. The molecule has 0 radical (unpaired) electrons. The monoisotopic (exact) mass is 565 g/mol. The first-order chi connectivity index (χ1) is 21.2. The zero-order valence-corrected chi connectivity index (χ0v) is 24.1. The van der Waals surface area contributed by atoms with Crippen molar-refractivity contribution in [2.75, 3.05) is 0 Å². The summed E-state index contributed by atoms with van der Waals surface area (Å²) in [6, 6.07) is 51.5. The molecule has 0 N–H and O–H groups in total. The smallest absolute Gasteiger partial charge is 0.172 e. The third-order valence-electron chi connectivity index (χ3n) is 9.49. The predicted molar refractivity (Wildman–Crippen MR) is 183 cm³/mol. The summed E-state index contributed by atoms with van der Waals surface area (Å²) in [4.78, 5) is 0. The first kappa shape index (κ1) is 23.4. The van der Waals surface area contributed by atoms with E-state index in [2.05, 4.69) is 114 Å². The van der Waals surface area contributed by atoms with Crippen LogP contribution in [0.15, 0.2) is 146 Å². The van der Waals surface area contributed by atoms with Gasteiger partial charge in [-0.15, -0.1) is 0 Å². The SMILES string of the molecule is O=P1(c2ccccc2)c2ccccc2-c2ccc3c(c21)c1ccccc1n3-c1cc2ccc3cccc4ccc(c1)c2c34. The van der Waals surface area contributed by atoms with Gasteiger partial charge in [-0.05, 0) is 67.7 Å². The summed E-state index contributed by atoms with van der Waals surface area (Å²) >= 11 is 0. The Morgan fingerprint density at radius 1 is 0.465 bits per heavy atom. The lowest BCUT2D eigenvalue weighted by Gasteiger charge is -2.17. The maximum absolute atomic E-state index is 15.7. The summed E-state index contributed by atoms with van der Waals surface area (Å²) in [5, 5.41) is 12.6. The Hall–Kier alpha value is -5.17. The first-order valence-corrected chi connectivity index (χ1v) is 16.4. The molecule has 0 fully saturated rings. The second-order valence-corrected chi connectivity index (χ2v) is 14.3. The van der Waals surface area contributed by atoms with Crippen molar-refractivity contribution in [1.82, 2.24) is 4.57 Å². The fraction of sp³-hybridized carbons (Fsp3) is 0. The van der Waals surface area contributed by atoms with Crippen molar-refractivity contribution in [3.05, 3.63) is 146 Å². The standard InChI is InChI=1S/C40H24NOP/c42-43(30-11-2-1-3-12-30)36-16-7-5-13-31(36)32-21-22-35-39(40(32)43)33-14-4-6-15-34(33)41(35)29-23-27-19-17-25-9-8-10-26-18-20-28(24-29)38(27)37(25)26/h1-24H. The van der Waals surface area contributed by atoms with E-state index >= 15 is 4.57 Å². The number of benzene rings is 8. The molecule has 0 spiro atoms. The van der Waals surface area contributed by atoms with Crippen molar-refractivity contribution in [3.8, 4) is 16.8 Å². The zero-order chi connectivity index (χ0) is 28.3. The van der Waals surface area contributed by atoms with Crippen molar-refractivity contribution in [3.63, 3.8) is 0 Å². The highest BCUT2D eigenvalue weighted by Crippen LogP contribution is 2.55. The average molecular weight is 566 g/mol. The molecular weight excluding hydrogens is 541 g/mol. The molecule has 0 amide bonds. The van der Waals surface area contributed by atoms with E-state index in [0.717, 1.165) is 54.5 Å². The maximum atomic E-state index is 15.7. The van der Waals surface area contributed by atoms with Crippen molar-refractivity contribution >= 4 is 77.2 Å². The molecule has 1 unspecified atom stereocenters. The second-order valence-electron chi connectivity index (χ2n) is 11.6. The van der Waals surface area contributed by atoms with Gasteiger partial charge in [-0.2, -0.15) is 0 Å². The van der Waals surface area contributed by atoms with Crippen molar-refractivity contribution < 1.29 is 4.57 Å². The molecule has 43 heavy (non-hydrogen) atoms.